The normalized spacial score (nSPS) is 28.0. The number of rotatable bonds is 4. The summed E-state index contributed by atoms with van der Waals surface area (Å²) in [5, 5.41) is 8.30. The fourth-order valence-electron chi connectivity index (χ4n) is 3.74. The van der Waals surface area contributed by atoms with Crippen LogP contribution in [0.25, 0.3) is 0 Å². The van der Waals surface area contributed by atoms with Crippen LogP contribution in [-0.2, 0) is 15.8 Å². The van der Waals surface area contributed by atoms with E-state index >= 15 is 0 Å². The number of alkyl halides is 2. The van der Waals surface area contributed by atoms with Gasteiger partial charge >= 0.3 is 0 Å². The first-order valence-electron chi connectivity index (χ1n) is 8.17. The lowest BCUT2D eigenvalue weighted by molar-refractivity contribution is -0.128. The minimum Gasteiger partial charge on any atom is -0.326 e. The molecule has 2 aliphatic carbocycles. The standard InChI is InChI=1S/C16H21F2N3O2S/c17-16(18)6-3-10(4-7-16)12-1-2-13(12)15(22)21-11-5-8-20-14(9-11)24(19)23/h5,8-10,12-13H,1-4,6-7,19H2,(H,20,21,22)/t12-,13+,24?/m0/s1. The Morgan fingerprint density at radius 2 is 2.00 bits per heavy atom. The van der Waals surface area contributed by atoms with Crippen molar-refractivity contribution in [2.45, 2.75) is 49.5 Å². The molecule has 0 aliphatic heterocycles. The molecule has 5 nitrogen and oxygen atoms in total. The molecule has 3 atom stereocenters. The lowest BCUT2D eigenvalue weighted by Gasteiger charge is -2.43. The maximum absolute atomic E-state index is 13.3. The predicted octanol–water partition coefficient (Wildman–Crippen LogP) is 2.85. The van der Waals surface area contributed by atoms with Gasteiger partial charge in [0.05, 0.1) is 0 Å². The smallest absolute Gasteiger partial charge is 0.248 e. The summed E-state index contributed by atoms with van der Waals surface area (Å²) in [4.78, 5) is 16.3. The Labute approximate surface area is 142 Å². The van der Waals surface area contributed by atoms with Crippen LogP contribution in [0.3, 0.4) is 0 Å². The number of anilines is 1. The largest absolute Gasteiger partial charge is 0.326 e. The molecule has 2 saturated carbocycles. The highest BCUT2D eigenvalue weighted by Gasteiger charge is 2.45. The van der Waals surface area contributed by atoms with Gasteiger partial charge in [0.15, 0.2) is 0 Å². The van der Waals surface area contributed by atoms with Crippen molar-refractivity contribution in [3.63, 3.8) is 0 Å². The quantitative estimate of drug-likeness (QED) is 0.869. The molecule has 24 heavy (non-hydrogen) atoms. The van der Waals surface area contributed by atoms with E-state index in [1.807, 2.05) is 0 Å². The summed E-state index contributed by atoms with van der Waals surface area (Å²) in [7, 11) is -1.70. The summed E-state index contributed by atoms with van der Waals surface area (Å²) in [6.07, 6.45) is 3.99. The first kappa shape index (κ1) is 17.4. The van der Waals surface area contributed by atoms with Crippen LogP contribution >= 0.6 is 0 Å². The second-order valence-electron chi connectivity index (χ2n) is 6.71. The van der Waals surface area contributed by atoms with E-state index in [-0.39, 0.29) is 41.5 Å². The molecule has 1 amide bonds. The third-order valence-corrected chi connectivity index (χ3v) is 5.88. The van der Waals surface area contributed by atoms with E-state index in [0.29, 0.717) is 18.5 Å². The Balaban J connectivity index is 1.59. The molecule has 0 bridgehead atoms. The highest BCUT2D eigenvalue weighted by Crippen LogP contribution is 2.48. The Bertz CT molecular complexity index is 646. The molecule has 8 heteroatoms. The number of carbonyl (C=O) groups excluding carboxylic acids is 1. The van der Waals surface area contributed by atoms with E-state index in [9.17, 15) is 17.8 Å². The first-order valence-corrected chi connectivity index (χ1v) is 9.38. The van der Waals surface area contributed by atoms with Crippen LogP contribution in [-0.4, -0.2) is 21.0 Å². The van der Waals surface area contributed by atoms with E-state index in [2.05, 4.69) is 10.3 Å². The molecular weight excluding hydrogens is 336 g/mol. The molecule has 132 valence electrons. The van der Waals surface area contributed by atoms with E-state index in [1.54, 1.807) is 6.07 Å². The zero-order valence-electron chi connectivity index (χ0n) is 13.2. The topological polar surface area (TPSA) is 85.1 Å². The Morgan fingerprint density at radius 1 is 1.29 bits per heavy atom. The van der Waals surface area contributed by atoms with Crippen LogP contribution in [0.15, 0.2) is 23.4 Å². The number of nitrogens with two attached hydrogens (primary N) is 1. The van der Waals surface area contributed by atoms with Crippen molar-refractivity contribution in [2.24, 2.45) is 22.9 Å². The molecule has 1 aromatic rings. The van der Waals surface area contributed by atoms with Crippen LogP contribution in [0.4, 0.5) is 14.5 Å². The molecule has 0 saturated heterocycles. The zero-order chi connectivity index (χ0) is 17.3. The molecule has 2 aliphatic rings. The average Bonchev–Trinajstić information content (AvgIpc) is 2.48. The highest BCUT2D eigenvalue weighted by molar-refractivity contribution is 7.82. The Hall–Kier alpha value is -1.41. The lowest BCUT2D eigenvalue weighted by Crippen LogP contribution is -2.42. The van der Waals surface area contributed by atoms with Crippen molar-refractivity contribution in [1.82, 2.24) is 4.98 Å². The van der Waals surface area contributed by atoms with Crippen LogP contribution in [0, 0.1) is 17.8 Å². The number of aromatic nitrogens is 1. The summed E-state index contributed by atoms with van der Waals surface area (Å²) in [6.45, 7) is 0. The van der Waals surface area contributed by atoms with Gasteiger partial charge in [-0.15, -0.1) is 0 Å². The van der Waals surface area contributed by atoms with Gasteiger partial charge in [0.1, 0.15) is 16.0 Å². The number of nitrogens with one attached hydrogen (secondary N) is 1. The van der Waals surface area contributed by atoms with Gasteiger partial charge in [-0.2, -0.15) is 0 Å². The van der Waals surface area contributed by atoms with Gasteiger partial charge in [-0.1, -0.05) is 0 Å². The summed E-state index contributed by atoms with van der Waals surface area (Å²) in [6, 6.07) is 3.10. The Morgan fingerprint density at radius 3 is 2.58 bits per heavy atom. The monoisotopic (exact) mass is 357 g/mol. The van der Waals surface area contributed by atoms with Crippen LogP contribution in [0.5, 0.6) is 0 Å². The lowest BCUT2D eigenvalue weighted by atomic mass is 9.62. The SMILES string of the molecule is NS(=O)c1cc(NC(=O)[C@@H]2CC[C@H]2C2CCC(F)(F)CC2)ccn1. The van der Waals surface area contributed by atoms with Crippen molar-refractivity contribution >= 4 is 22.6 Å². The van der Waals surface area contributed by atoms with E-state index in [0.717, 1.165) is 12.8 Å². The van der Waals surface area contributed by atoms with Crippen LogP contribution in [0.2, 0.25) is 0 Å². The van der Waals surface area contributed by atoms with Crippen molar-refractivity contribution in [1.29, 1.82) is 0 Å². The maximum Gasteiger partial charge on any atom is 0.248 e. The summed E-state index contributed by atoms with van der Waals surface area (Å²) < 4.78 is 37.8. The summed E-state index contributed by atoms with van der Waals surface area (Å²) in [5.41, 5.74) is 0.504. The third-order valence-electron chi connectivity index (χ3n) is 5.24. The van der Waals surface area contributed by atoms with Crippen LogP contribution < -0.4 is 10.5 Å². The zero-order valence-corrected chi connectivity index (χ0v) is 14.0. The fourth-order valence-corrected chi connectivity index (χ4v) is 4.15. The minimum absolute atomic E-state index is 0.0709. The molecule has 1 heterocycles. The predicted molar refractivity (Wildman–Crippen MR) is 86.6 cm³/mol. The van der Waals surface area contributed by atoms with Crippen molar-refractivity contribution in [2.75, 3.05) is 5.32 Å². The number of carbonyl (C=O) groups is 1. The second kappa shape index (κ2) is 6.84. The fraction of sp³-hybridized carbons (Fsp3) is 0.625. The van der Waals surface area contributed by atoms with Crippen LogP contribution in [0.1, 0.15) is 38.5 Å². The number of amides is 1. The van der Waals surface area contributed by atoms with Crippen molar-refractivity contribution in [3.05, 3.63) is 18.3 Å². The third kappa shape index (κ3) is 3.80. The molecule has 3 rings (SSSR count). The van der Waals surface area contributed by atoms with Gasteiger partial charge < -0.3 is 5.32 Å². The molecule has 0 radical (unpaired) electrons. The van der Waals surface area contributed by atoms with E-state index in [1.165, 1.54) is 12.3 Å². The van der Waals surface area contributed by atoms with Crippen molar-refractivity contribution in [3.8, 4) is 0 Å². The van der Waals surface area contributed by atoms with Crippen molar-refractivity contribution < 1.29 is 17.8 Å². The number of hydrogen-bond donors (Lipinski definition) is 2. The Kier molecular flexibility index (Phi) is 4.96. The number of nitrogens with zero attached hydrogens (tertiary/aromatic N) is 1. The molecule has 1 unspecified atom stereocenters. The second-order valence-corrected chi connectivity index (χ2v) is 7.72. The van der Waals surface area contributed by atoms with Gasteiger partial charge in [0.25, 0.3) is 0 Å². The van der Waals surface area contributed by atoms with Gasteiger partial charge in [-0.05, 0) is 49.7 Å². The molecular formula is C16H21F2N3O2S. The molecule has 2 fully saturated rings. The molecule has 0 spiro atoms. The number of hydrogen-bond acceptors (Lipinski definition) is 3. The van der Waals surface area contributed by atoms with E-state index < -0.39 is 16.9 Å². The summed E-state index contributed by atoms with van der Waals surface area (Å²) >= 11 is 0. The average molecular weight is 357 g/mol. The van der Waals surface area contributed by atoms with Gasteiger partial charge in [0, 0.05) is 30.6 Å². The van der Waals surface area contributed by atoms with E-state index in [4.69, 9.17) is 5.14 Å². The van der Waals surface area contributed by atoms with Gasteiger partial charge in [0.2, 0.25) is 11.8 Å². The molecule has 0 aromatic carbocycles. The van der Waals surface area contributed by atoms with Gasteiger partial charge in [-0.3, -0.25) is 4.79 Å². The highest BCUT2D eigenvalue weighted by atomic mass is 32.2. The first-order chi connectivity index (χ1) is 11.4. The molecule has 3 N–H and O–H groups in total. The summed E-state index contributed by atoms with van der Waals surface area (Å²) in [5.74, 6) is -2.39. The number of pyridine rings is 1. The minimum atomic E-state index is -2.54. The maximum atomic E-state index is 13.3. The number of halogens is 2. The molecule has 1 aromatic heterocycles. The van der Waals surface area contributed by atoms with Gasteiger partial charge in [-0.25, -0.2) is 23.1 Å².